The van der Waals surface area contributed by atoms with E-state index in [2.05, 4.69) is 65.6 Å². The van der Waals surface area contributed by atoms with Crippen molar-refractivity contribution in [1.82, 2.24) is 10.2 Å². The van der Waals surface area contributed by atoms with Crippen molar-refractivity contribution in [1.29, 1.82) is 0 Å². The van der Waals surface area contributed by atoms with Gasteiger partial charge in [-0.3, -0.25) is 4.90 Å². The summed E-state index contributed by atoms with van der Waals surface area (Å²) >= 11 is 0. The third kappa shape index (κ3) is 5.41. The average molecular weight is 270 g/mol. The number of ether oxygens (including phenoxy) is 1. The molecule has 2 unspecified atom stereocenters. The van der Waals surface area contributed by atoms with E-state index >= 15 is 0 Å². The van der Waals surface area contributed by atoms with Gasteiger partial charge in [-0.1, -0.05) is 20.8 Å². The Bertz CT molecular complexity index is 270. The molecule has 2 atom stereocenters. The van der Waals surface area contributed by atoms with Gasteiger partial charge in [0.1, 0.15) is 0 Å². The maximum Gasteiger partial charge on any atom is 0.0760 e. The summed E-state index contributed by atoms with van der Waals surface area (Å²) < 4.78 is 6.16. The van der Waals surface area contributed by atoms with Gasteiger partial charge in [0.25, 0.3) is 0 Å². The highest BCUT2D eigenvalue weighted by Gasteiger charge is 2.40. The number of hydrogen-bond donors (Lipinski definition) is 1. The number of hydrogen-bond acceptors (Lipinski definition) is 3. The van der Waals surface area contributed by atoms with Crippen LogP contribution in [0.5, 0.6) is 0 Å². The normalized spacial score (nSPS) is 26.4. The molecule has 1 fully saturated rings. The molecule has 0 radical (unpaired) electrons. The van der Waals surface area contributed by atoms with E-state index < -0.39 is 0 Å². The van der Waals surface area contributed by atoms with Crippen LogP contribution in [0.4, 0.5) is 0 Å². The van der Waals surface area contributed by atoms with Gasteiger partial charge in [0.15, 0.2) is 0 Å². The first-order valence-electron chi connectivity index (χ1n) is 7.70. The fourth-order valence-electron chi connectivity index (χ4n) is 3.09. The lowest BCUT2D eigenvalue weighted by Gasteiger charge is -2.50. The van der Waals surface area contributed by atoms with Gasteiger partial charge < -0.3 is 10.1 Å². The average Bonchev–Trinajstić information content (AvgIpc) is 2.20. The van der Waals surface area contributed by atoms with E-state index in [9.17, 15) is 0 Å². The lowest BCUT2D eigenvalue weighted by Crippen LogP contribution is -2.60. The number of nitrogens with one attached hydrogen (secondary N) is 1. The summed E-state index contributed by atoms with van der Waals surface area (Å²) in [5.41, 5.74) is -0.109. The molecule has 19 heavy (non-hydrogen) atoms. The predicted molar refractivity (Wildman–Crippen MR) is 82.6 cm³/mol. The Balaban J connectivity index is 2.62. The highest BCUT2D eigenvalue weighted by atomic mass is 16.5. The highest BCUT2D eigenvalue weighted by molar-refractivity contribution is 4.92. The van der Waals surface area contributed by atoms with Gasteiger partial charge in [-0.15, -0.1) is 0 Å². The molecule has 0 aromatic heterocycles. The van der Waals surface area contributed by atoms with Crippen LogP contribution in [0.15, 0.2) is 0 Å². The van der Waals surface area contributed by atoms with Gasteiger partial charge >= 0.3 is 0 Å². The third-order valence-electron chi connectivity index (χ3n) is 3.97. The molecule has 0 spiro atoms. The second-order valence-electron chi connectivity index (χ2n) is 7.81. The monoisotopic (exact) mass is 270 g/mol. The number of rotatable bonds is 5. The van der Waals surface area contributed by atoms with Crippen LogP contribution in [0.2, 0.25) is 0 Å². The SMILES string of the molecule is CC(C)NCC(C)C(C)N1CC(C)(C)OC(C)(C)C1. The van der Waals surface area contributed by atoms with E-state index in [4.69, 9.17) is 4.74 Å². The van der Waals surface area contributed by atoms with Crippen molar-refractivity contribution in [2.45, 2.75) is 78.7 Å². The van der Waals surface area contributed by atoms with Crippen LogP contribution in [0.1, 0.15) is 55.4 Å². The van der Waals surface area contributed by atoms with E-state index in [-0.39, 0.29) is 11.2 Å². The molecule has 0 saturated carbocycles. The Labute approximate surface area is 120 Å². The van der Waals surface area contributed by atoms with E-state index in [1.165, 1.54) is 0 Å². The summed E-state index contributed by atoms with van der Waals surface area (Å²) in [6.45, 7) is 21.0. The summed E-state index contributed by atoms with van der Waals surface area (Å²) in [5.74, 6) is 0.645. The summed E-state index contributed by atoms with van der Waals surface area (Å²) in [7, 11) is 0. The van der Waals surface area contributed by atoms with Crippen LogP contribution in [-0.2, 0) is 4.74 Å². The molecule has 0 aromatic carbocycles. The molecule has 1 N–H and O–H groups in total. The van der Waals surface area contributed by atoms with Gasteiger partial charge in [0, 0.05) is 25.2 Å². The van der Waals surface area contributed by atoms with Gasteiger partial charge in [-0.05, 0) is 47.1 Å². The van der Waals surface area contributed by atoms with Crippen LogP contribution in [-0.4, -0.2) is 47.8 Å². The maximum absolute atomic E-state index is 6.16. The lowest BCUT2D eigenvalue weighted by molar-refractivity contribution is -0.189. The zero-order valence-corrected chi connectivity index (χ0v) is 14.2. The first-order chi connectivity index (χ1) is 8.52. The van der Waals surface area contributed by atoms with Crippen LogP contribution < -0.4 is 5.32 Å². The molecule has 0 aromatic rings. The van der Waals surface area contributed by atoms with E-state index in [0.717, 1.165) is 19.6 Å². The molecule has 1 aliphatic rings. The Morgan fingerprint density at radius 3 is 1.89 bits per heavy atom. The summed E-state index contributed by atoms with van der Waals surface area (Å²) in [4.78, 5) is 2.59. The molecule has 1 saturated heterocycles. The van der Waals surface area contributed by atoms with Crippen molar-refractivity contribution in [2.75, 3.05) is 19.6 Å². The van der Waals surface area contributed by atoms with Crippen LogP contribution >= 0.6 is 0 Å². The van der Waals surface area contributed by atoms with Gasteiger partial charge in [0.05, 0.1) is 11.2 Å². The molecule has 1 aliphatic heterocycles. The quantitative estimate of drug-likeness (QED) is 0.831. The number of nitrogens with zero attached hydrogens (tertiary/aromatic N) is 1. The van der Waals surface area contributed by atoms with Gasteiger partial charge in [-0.2, -0.15) is 0 Å². The summed E-state index contributed by atoms with van der Waals surface area (Å²) in [5, 5.41) is 3.55. The molecule has 114 valence electrons. The second kappa shape index (κ2) is 6.11. The maximum atomic E-state index is 6.16. The van der Waals surface area contributed by atoms with E-state index in [1.54, 1.807) is 0 Å². The first kappa shape index (κ1) is 16.9. The first-order valence-corrected chi connectivity index (χ1v) is 7.70. The van der Waals surface area contributed by atoms with E-state index in [1.807, 2.05) is 0 Å². The van der Waals surface area contributed by atoms with Crippen molar-refractivity contribution in [3.05, 3.63) is 0 Å². The van der Waals surface area contributed by atoms with Crippen molar-refractivity contribution in [2.24, 2.45) is 5.92 Å². The van der Waals surface area contributed by atoms with Crippen molar-refractivity contribution >= 4 is 0 Å². The fraction of sp³-hybridized carbons (Fsp3) is 1.00. The zero-order chi connectivity index (χ0) is 14.8. The number of morpholine rings is 1. The molecular formula is C16H34N2O. The van der Waals surface area contributed by atoms with Crippen molar-refractivity contribution < 1.29 is 4.74 Å². The molecule has 0 amide bonds. The van der Waals surface area contributed by atoms with Crippen LogP contribution in [0, 0.1) is 5.92 Å². The summed E-state index contributed by atoms with van der Waals surface area (Å²) in [6.07, 6.45) is 0. The summed E-state index contributed by atoms with van der Waals surface area (Å²) in [6, 6.07) is 1.14. The Hall–Kier alpha value is -0.120. The topological polar surface area (TPSA) is 24.5 Å². The van der Waals surface area contributed by atoms with Crippen molar-refractivity contribution in [3.63, 3.8) is 0 Å². The van der Waals surface area contributed by atoms with Crippen molar-refractivity contribution in [3.8, 4) is 0 Å². The Kier molecular flexibility index (Phi) is 5.44. The standard InChI is InChI=1S/C16H34N2O/c1-12(2)17-9-13(3)14(4)18-10-15(5,6)19-16(7,8)11-18/h12-14,17H,9-11H2,1-8H3. The van der Waals surface area contributed by atoms with Gasteiger partial charge in [0.2, 0.25) is 0 Å². The largest absolute Gasteiger partial charge is 0.367 e. The Morgan fingerprint density at radius 2 is 1.47 bits per heavy atom. The molecule has 0 aliphatic carbocycles. The van der Waals surface area contributed by atoms with Crippen LogP contribution in [0.25, 0.3) is 0 Å². The second-order valence-corrected chi connectivity index (χ2v) is 7.81. The minimum absolute atomic E-state index is 0.0544. The smallest absolute Gasteiger partial charge is 0.0760 e. The van der Waals surface area contributed by atoms with E-state index in [0.29, 0.717) is 18.0 Å². The highest BCUT2D eigenvalue weighted by Crippen LogP contribution is 2.30. The lowest BCUT2D eigenvalue weighted by atomic mass is 9.93. The molecular weight excluding hydrogens is 236 g/mol. The minimum atomic E-state index is -0.0544. The fourth-order valence-corrected chi connectivity index (χ4v) is 3.09. The van der Waals surface area contributed by atoms with Crippen LogP contribution in [0.3, 0.4) is 0 Å². The molecule has 3 heteroatoms. The Morgan fingerprint density at radius 1 is 1.00 bits per heavy atom. The predicted octanol–water partition coefficient (Wildman–Crippen LogP) is 2.90. The third-order valence-corrected chi connectivity index (χ3v) is 3.97. The molecule has 3 nitrogen and oxygen atoms in total. The molecule has 0 bridgehead atoms. The van der Waals surface area contributed by atoms with Gasteiger partial charge in [-0.25, -0.2) is 0 Å². The minimum Gasteiger partial charge on any atom is -0.367 e. The zero-order valence-electron chi connectivity index (χ0n) is 14.2. The molecule has 1 rings (SSSR count). The molecule has 1 heterocycles.